The summed E-state index contributed by atoms with van der Waals surface area (Å²) in [6.07, 6.45) is 3.19. The first-order valence-corrected chi connectivity index (χ1v) is 10.3. The van der Waals surface area contributed by atoms with Crippen molar-refractivity contribution in [3.8, 4) is 6.07 Å². The van der Waals surface area contributed by atoms with Gasteiger partial charge in [-0.15, -0.1) is 11.3 Å². The number of ketones is 1. The van der Waals surface area contributed by atoms with Crippen LogP contribution in [0.2, 0.25) is 0 Å². The van der Waals surface area contributed by atoms with Crippen molar-refractivity contribution in [3.63, 3.8) is 0 Å². The molecule has 9 nitrogen and oxygen atoms in total. The van der Waals surface area contributed by atoms with Gasteiger partial charge in [-0.2, -0.15) is 5.26 Å². The predicted octanol–water partition coefficient (Wildman–Crippen LogP) is 1.67. The Balaban J connectivity index is 1.58. The summed E-state index contributed by atoms with van der Waals surface area (Å²) in [5.74, 6) is -3.05. The van der Waals surface area contributed by atoms with Crippen molar-refractivity contribution < 1.29 is 23.9 Å². The number of thiazole rings is 1. The SMILES string of the molecule is Cc1csc([C@@H](C#N)C(=O)COC(=O)CN2C(=O)N[C@]3(CCCC[C@@H]3C)C2=O)n1. The maximum atomic E-state index is 12.8. The minimum Gasteiger partial charge on any atom is -0.456 e. The fraction of sp³-hybridized carbons (Fsp3) is 0.579. The molecule has 2 heterocycles. The second-order valence-corrected chi connectivity index (χ2v) is 8.35. The first-order chi connectivity index (χ1) is 13.8. The number of aromatic nitrogens is 1. The van der Waals surface area contributed by atoms with E-state index in [-0.39, 0.29) is 5.92 Å². The standard InChI is InChI=1S/C19H22N4O5S/c1-11-5-3-4-6-19(11)17(26)23(18(27)22-19)8-15(25)28-9-14(24)13(7-20)16-21-12(2)10-29-16/h10-11,13H,3-6,8-9H2,1-2H3,(H,22,27)/t11-,13-,19-/m0/s1. The van der Waals surface area contributed by atoms with Gasteiger partial charge in [-0.05, 0) is 25.7 Å². The summed E-state index contributed by atoms with van der Waals surface area (Å²) in [6, 6.07) is 1.24. The Kier molecular flexibility index (Phi) is 5.98. The average Bonchev–Trinajstić information content (AvgIpc) is 3.20. The highest BCUT2D eigenvalue weighted by Gasteiger charge is 2.55. The van der Waals surface area contributed by atoms with Gasteiger partial charge in [-0.3, -0.25) is 19.3 Å². The fourth-order valence-corrected chi connectivity index (χ4v) is 4.68. The molecule has 1 aliphatic carbocycles. The van der Waals surface area contributed by atoms with Crippen molar-refractivity contribution in [1.29, 1.82) is 5.26 Å². The molecule has 154 valence electrons. The topological polar surface area (TPSA) is 129 Å². The Morgan fingerprint density at radius 1 is 1.48 bits per heavy atom. The molecule has 0 unspecified atom stereocenters. The van der Waals surface area contributed by atoms with Gasteiger partial charge in [0.1, 0.15) is 17.1 Å². The Bertz CT molecular complexity index is 891. The Labute approximate surface area is 172 Å². The zero-order valence-corrected chi connectivity index (χ0v) is 17.1. The minimum absolute atomic E-state index is 0.0200. The summed E-state index contributed by atoms with van der Waals surface area (Å²) in [7, 11) is 0. The van der Waals surface area contributed by atoms with E-state index in [4.69, 9.17) is 4.74 Å². The molecule has 1 aliphatic heterocycles. The summed E-state index contributed by atoms with van der Waals surface area (Å²) >= 11 is 1.18. The van der Waals surface area contributed by atoms with Crippen molar-refractivity contribution in [2.75, 3.05) is 13.2 Å². The Morgan fingerprint density at radius 3 is 2.86 bits per heavy atom. The van der Waals surface area contributed by atoms with Crippen LogP contribution in [0.4, 0.5) is 4.79 Å². The van der Waals surface area contributed by atoms with E-state index >= 15 is 0 Å². The van der Waals surface area contributed by atoms with Crippen LogP contribution < -0.4 is 5.32 Å². The molecular formula is C19H22N4O5S. The van der Waals surface area contributed by atoms with E-state index in [1.54, 1.807) is 12.3 Å². The van der Waals surface area contributed by atoms with Crippen molar-refractivity contribution >= 4 is 35.0 Å². The zero-order chi connectivity index (χ0) is 21.2. The van der Waals surface area contributed by atoms with Gasteiger partial charge in [0, 0.05) is 11.1 Å². The van der Waals surface area contributed by atoms with Crippen molar-refractivity contribution in [2.24, 2.45) is 5.92 Å². The highest BCUT2D eigenvalue weighted by atomic mass is 32.1. The van der Waals surface area contributed by atoms with Gasteiger partial charge in [0.15, 0.2) is 18.3 Å². The number of imide groups is 1. The molecule has 2 aliphatic rings. The van der Waals surface area contributed by atoms with Gasteiger partial charge >= 0.3 is 12.0 Å². The largest absolute Gasteiger partial charge is 0.456 e. The number of carbonyl (C=O) groups excluding carboxylic acids is 4. The number of Topliss-reactive ketones (excluding diaryl/α,β-unsaturated/α-hetero) is 1. The molecule has 3 atom stereocenters. The Hall–Kier alpha value is -2.80. The maximum absolute atomic E-state index is 12.8. The van der Waals surface area contributed by atoms with Crippen LogP contribution in [0.5, 0.6) is 0 Å². The normalized spacial score (nSPS) is 24.9. The number of nitrogens with zero attached hydrogens (tertiary/aromatic N) is 3. The third-order valence-electron chi connectivity index (χ3n) is 5.50. The molecule has 0 bridgehead atoms. The number of amides is 3. The number of urea groups is 1. The molecule has 1 aromatic heterocycles. The molecule has 1 saturated heterocycles. The van der Waals surface area contributed by atoms with E-state index in [0.29, 0.717) is 17.1 Å². The van der Waals surface area contributed by atoms with Gasteiger partial charge in [0.05, 0.1) is 6.07 Å². The minimum atomic E-state index is -1.12. The van der Waals surface area contributed by atoms with E-state index in [1.807, 2.05) is 13.0 Å². The van der Waals surface area contributed by atoms with Gasteiger partial charge < -0.3 is 10.1 Å². The van der Waals surface area contributed by atoms with E-state index in [2.05, 4.69) is 10.3 Å². The molecule has 1 saturated carbocycles. The van der Waals surface area contributed by atoms with Crippen molar-refractivity contribution in [2.45, 2.75) is 51.0 Å². The predicted molar refractivity (Wildman–Crippen MR) is 102 cm³/mol. The van der Waals surface area contributed by atoms with E-state index in [1.165, 1.54) is 11.3 Å². The van der Waals surface area contributed by atoms with Crippen LogP contribution in [0.25, 0.3) is 0 Å². The van der Waals surface area contributed by atoms with Gasteiger partial charge in [0.2, 0.25) is 0 Å². The highest BCUT2D eigenvalue weighted by Crippen LogP contribution is 2.38. The van der Waals surface area contributed by atoms with Gasteiger partial charge in [0.25, 0.3) is 5.91 Å². The summed E-state index contributed by atoms with van der Waals surface area (Å²) in [6.45, 7) is 2.47. The lowest BCUT2D eigenvalue weighted by molar-refractivity contribution is -0.151. The Morgan fingerprint density at radius 2 is 2.24 bits per heavy atom. The summed E-state index contributed by atoms with van der Waals surface area (Å²) in [5, 5.41) is 14.1. The number of ether oxygens (including phenoxy) is 1. The summed E-state index contributed by atoms with van der Waals surface area (Å²) in [4.78, 5) is 54.5. The number of aryl methyl sites for hydroxylation is 1. The third kappa shape index (κ3) is 4.00. The number of esters is 1. The van der Waals surface area contributed by atoms with E-state index in [0.717, 1.165) is 24.2 Å². The molecule has 0 radical (unpaired) electrons. The van der Waals surface area contributed by atoms with Crippen LogP contribution in [-0.2, 0) is 19.1 Å². The smallest absolute Gasteiger partial charge is 0.326 e. The number of hydrogen-bond acceptors (Lipinski definition) is 8. The molecular weight excluding hydrogens is 396 g/mol. The van der Waals surface area contributed by atoms with E-state index in [9.17, 15) is 24.4 Å². The number of nitriles is 1. The van der Waals surface area contributed by atoms with Gasteiger partial charge in [-0.1, -0.05) is 19.8 Å². The molecule has 10 heteroatoms. The first kappa shape index (κ1) is 20.9. The van der Waals surface area contributed by atoms with E-state index < -0.39 is 48.3 Å². The molecule has 0 aromatic carbocycles. The summed E-state index contributed by atoms with van der Waals surface area (Å²) in [5.41, 5.74) is -0.264. The highest BCUT2D eigenvalue weighted by molar-refractivity contribution is 7.09. The molecule has 29 heavy (non-hydrogen) atoms. The lowest BCUT2D eigenvalue weighted by Crippen LogP contribution is -2.54. The molecule has 1 spiro atoms. The second kappa shape index (κ2) is 8.29. The van der Waals surface area contributed by atoms with Crippen LogP contribution >= 0.6 is 11.3 Å². The quantitative estimate of drug-likeness (QED) is 0.549. The monoisotopic (exact) mass is 418 g/mol. The van der Waals surface area contributed by atoms with Crippen LogP contribution in [0, 0.1) is 24.2 Å². The molecule has 3 amide bonds. The van der Waals surface area contributed by atoms with Crippen LogP contribution in [-0.4, -0.2) is 52.3 Å². The van der Waals surface area contributed by atoms with Crippen molar-refractivity contribution in [3.05, 3.63) is 16.1 Å². The number of hydrogen-bond donors (Lipinski definition) is 1. The molecule has 2 fully saturated rings. The second-order valence-electron chi connectivity index (χ2n) is 7.46. The first-order valence-electron chi connectivity index (χ1n) is 9.42. The lowest BCUT2D eigenvalue weighted by Gasteiger charge is -2.36. The summed E-state index contributed by atoms with van der Waals surface area (Å²) < 4.78 is 4.94. The van der Waals surface area contributed by atoms with Crippen LogP contribution in [0.1, 0.15) is 49.2 Å². The average molecular weight is 418 g/mol. The molecule has 3 rings (SSSR count). The lowest BCUT2D eigenvalue weighted by atomic mass is 9.73. The number of nitrogens with one attached hydrogen (secondary N) is 1. The third-order valence-corrected chi connectivity index (χ3v) is 6.53. The van der Waals surface area contributed by atoms with Crippen molar-refractivity contribution in [1.82, 2.24) is 15.2 Å². The molecule has 1 N–H and O–H groups in total. The number of rotatable bonds is 6. The molecule has 1 aromatic rings. The maximum Gasteiger partial charge on any atom is 0.326 e. The zero-order valence-electron chi connectivity index (χ0n) is 16.3. The fourth-order valence-electron chi connectivity index (χ4n) is 3.82. The van der Waals surface area contributed by atoms with Crippen LogP contribution in [0.3, 0.4) is 0 Å². The number of carbonyl (C=O) groups is 4. The van der Waals surface area contributed by atoms with Gasteiger partial charge in [-0.25, -0.2) is 9.78 Å². The van der Waals surface area contributed by atoms with Crippen LogP contribution in [0.15, 0.2) is 5.38 Å².